The molecule has 3 fully saturated rings. The standard InChI is InChI=1S/C23H25F4N5O3/c24-15-4-3-14(10-16(15)25)32-20(33)2-1-5-22(32)6-8-31(9-7-22)18-11-19(30-21(28)29-18)35-17-12-34-13-23(17,26)27/h3-4,10-11,17H,1-2,5-9,12-13H2,(H2,28,29,30). The van der Waals surface area contributed by atoms with Gasteiger partial charge in [0.05, 0.1) is 12.1 Å². The Kier molecular flexibility index (Phi) is 5.94. The first-order chi connectivity index (χ1) is 16.7. The van der Waals surface area contributed by atoms with Gasteiger partial charge in [-0.25, -0.2) is 8.78 Å². The molecule has 3 aliphatic heterocycles. The van der Waals surface area contributed by atoms with Crippen molar-refractivity contribution >= 4 is 23.4 Å². The minimum Gasteiger partial charge on any atom is -0.465 e. The molecule has 3 aliphatic rings. The zero-order valence-corrected chi connectivity index (χ0v) is 18.9. The van der Waals surface area contributed by atoms with E-state index in [4.69, 9.17) is 15.2 Å². The predicted molar refractivity (Wildman–Crippen MR) is 118 cm³/mol. The number of carbonyl (C=O) groups is 1. The number of carbonyl (C=O) groups excluding carboxylic acids is 1. The number of piperidine rings is 2. The molecule has 4 heterocycles. The van der Waals surface area contributed by atoms with Crippen LogP contribution in [0.4, 0.5) is 35.0 Å². The third kappa shape index (κ3) is 4.46. The number of rotatable bonds is 4. The fourth-order valence-electron chi connectivity index (χ4n) is 5.16. The molecule has 1 spiro atoms. The van der Waals surface area contributed by atoms with Crippen molar-refractivity contribution in [2.45, 2.75) is 49.7 Å². The molecule has 0 bridgehead atoms. The number of nitrogens with two attached hydrogens (primary N) is 1. The molecule has 3 saturated heterocycles. The van der Waals surface area contributed by atoms with Gasteiger partial charge in [-0.2, -0.15) is 18.7 Å². The third-order valence-corrected chi connectivity index (χ3v) is 6.94. The van der Waals surface area contributed by atoms with Crippen molar-refractivity contribution in [1.29, 1.82) is 0 Å². The van der Waals surface area contributed by atoms with Gasteiger partial charge in [0.2, 0.25) is 17.7 Å². The average molecular weight is 495 g/mol. The molecule has 0 aliphatic carbocycles. The molecule has 1 aromatic heterocycles. The highest BCUT2D eigenvalue weighted by molar-refractivity contribution is 5.95. The van der Waals surface area contributed by atoms with Crippen LogP contribution in [-0.4, -0.2) is 59.7 Å². The van der Waals surface area contributed by atoms with Crippen LogP contribution in [0.1, 0.15) is 32.1 Å². The van der Waals surface area contributed by atoms with Crippen LogP contribution < -0.4 is 20.3 Å². The third-order valence-electron chi connectivity index (χ3n) is 6.94. The van der Waals surface area contributed by atoms with Crippen LogP contribution in [0.15, 0.2) is 24.3 Å². The highest BCUT2D eigenvalue weighted by atomic mass is 19.3. The quantitative estimate of drug-likeness (QED) is 0.651. The largest absolute Gasteiger partial charge is 0.465 e. The Morgan fingerprint density at radius 1 is 1.09 bits per heavy atom. The van der Waals surface area contributed by atoms with Crippen molar-refractivity contribution in [2.24, 2.45) is 0 Å². The molecule has 1 amide bonds. The van der Waals surface area contributed by atoms with E-state index in [1.165, 1.54) is 12.1 Å². The fourth-order valence-corrected chi connectivity index (χ4v) is 5.16. The summed E-state index contributed by atoms with van der Waals surface area (Å²) in [5.74, 6) is -4.99. The minimum atomic E-state index is -3.13. The van der Waals surface area contributed by atoms with Crippen molar-refractivity contribution in [3.05, 3.63) is 35.9 Å². The van der Waals surface area contributed by atoms with Gasteiger partial charge in [0.15, 0.2) is 17.7 Å². The summed E-state index contributed by atoms with van der Waals surface area (Å²) in [6, 6.07) is 4.97. The Morgan fingerprint density at radius 3 is 2.54 bits per heavy atom. The van der Waals surface area contributed by atoms with E-state index in [1.807, 2.05) is 4.90 Å². The molecule has 0 saturated carbocycles. The number of alkyl halides is 2. The van der Waals surface area contributed by atoms with E-state index in [9.17, 15) is 22.4 Å². The molecule has 2 N–H and O–H groups in total. The van der Waals surface area contributed by atoms with Crippen LogP contribution in [0, 0.1) is 11.6 Å². The Morgan fingerprint density at radius 2 is 1.86 bits per heavy atom. The van der Waals surface area contributed by atoms with Gasteiger partial charge in [-0.15, -0.1) is 0 Å². The number of hydrogen-bond donors (Lipinski definition) is 1. The minimum absolute atomic E-state index is 0.0702. The monoisotopic (exact) mass is 495 g/mol. The lowest BCUT2D eigenvalue weighted by atomic mass is 9.78. The number of ether oxygens (including phenoxy) is 2. The molecule has 0 radical (unpaired) electrons. The molecular formula is C23H25F4N5O3. The summed E-state index contributed by atoms with van der Waals surface area (Å²) < 4.78 is 65.4. The number of nitrogen functional groups attached to an aromatic ring is 1. The highest BCUT2D eigenvalue weighted by Crippen LogP contribution is 2.42. The first-order valence-corrected chi connectivity index (χ1v) is 11.5. The van der Waals surface area contributed by atoms with E-state index in [0.717, 1.165) is 18.6 Å². The zero-order chi connectivity index (χ0) is 24.8. The highest BCUT2D eigenvalue weighted by Gasteiger charge is 2.48. The molecule has 1 aromatic carbocycles. The lowest BCUT2D eigenvalue weighted by Gasteiger charge is -2.51. The van der Waals surface area contributed by atoms with Crippen LogP contribution in [0.5, 0.6) is 5.88 Å². The number of nitrogens with zero attached hydrogens (tertiary/aromatic N) is 4. The second kappa shape index (κ2) is 8.81. The van der Waals surface area contributed by atoms with Crippen molar-refractivity contribution in [3.63, 3.8) is 0 Å². The summed E-state index contributed by atoms with van der Waals surface area (Å²) in [6.45, 7) is -0.0170. The van der Waals surface area contributed by atoms with Gasteiger partial charge >= 0.3 is 5.92 Å². The molecule has 5 rings (SSSR count). The number of halogens is 4. The van der Waals surface area contributed by atoms with Crippen LogP contribution in [0.3, 0.4) is 0 Å². The molecule has 12 heteroatoms. The van der Waals surface area contributed by atoms with Gasteiger partial charge in [-0.3, -0.25) is 4.79 Å². The number of aromatic nitrogens is 2. The summed E-state index contributed by atoms with van der Waals surface area (Å²) in [6.07, 6.45) is 1.40. The summed E-state index contributed by atoms with van der Waals surface area (Å²) in [7, 11) is 0. The maximum atomic E-state index is 14.0. The molecule has 1 unspecified atom stereocenters. The number of benzene rings is 1. The molecule has 188 valence electrons. The van der Waals surface area contributed by atoms with E-state index in [0.29, 0.717) is 50.3 Å². The smallest absolute Gasteiger partial charge is 0.309 e. The Bertz CT molecular complexity index is 1130. The van der Waals surface area contributed by atoms with Crippen molar-refractivity contribution in [1.82, 2.24) is 9.97 Å². The summed E-state index contributed by atoms with van der Waals surface area (Å²) in [4.78, 5) is 24.6. The van der Waals surface area contributed by atoms with Gasteiger partial charge in [0.1, 0.15) is 12.4 Å². The van der Waals surface area contributed by atoms with Gasteiger partial charge in [0, 0.05) is 37.3 Å². The molecular weight excluding hydrogens is 470 g/mol. The normalized spacial score (nSPS) is 23.7. The molecule has 1 atom stereocenters. The van der Waals surface area contributed by atoms with E-state index in [2.05, 4.69) is 9.97 Å². The Hall–Kier alpha value is -3.15. The molecule has 35 heavy (non-hydrogen) atoms. The van der Waals surface area contributed by atoms with Crippen molar-refractivity contribution in [3.8, 4) is 5.88 Å². The maximum absolute atomic E-state index is 14.0. The van der Waals surface area contributed by atoms with E-state index in [1.54, 1.807) is 4.90 Å². The Balaban J connectivity index is 1.35. The Labute approximate surface area is 199 Å². The summed E-state index contributed by atoms with van der Waals surface area (Å²) >= 11 is 0. The topological polar surface area (TPSA) is 93.8 Å². The SMILES string of the molecule is Nc1nc(OC2COCC2(F)F)cc(N2CCC3(CCCC(=O)N3c3ccc(F)c(F)c3)CC2)n1. The number of hydrogen-bond acceptors (Lipinski definition) is 7. The number of anilines is 3. The fraction of sp³-hybridized carbons (Fsp3) is 0.522. The maximum Gasteiger partial charge on any atom is 0.309 e. The first-order valence-electron chi connectivity index (χ1n) is 11.5. The zero-order valence-electron chi connectivity index (χ0n) is 18.9. The average Bonchev–Trinajstić information content (AvgIpc) is 3.14. The van der Waals surface area contributed by atoms with Crippen molar-refractivity contribution in [2.75, 3.05) is 41.8 Å². The van der Waals surface area contributed by atoms with Gasteiger partial charge in [0.25, 0.3) is 0 Å². The molecule has 8 nitrogen and oxygen atoms in total. The van der Waals surface area contributed by atoms with E-state index in [-0.39, 0.29) is 24.3 Å². The van der Waals surface area contributed by atoms with Crippen LogP contribution in [0.25, 0.3) is 0 Å². The number of amides is 1. The van der Waals surface area contributed by atoms with Crippen LogP contribution >= 0.6 is 0 Å². The lowest BCUT2D eigenvalue weighted by Crippen LogP contribution is -2.60. The predicted octanol–water partition coefficient (Wildman–Crippen LogP) is 3.31. The van der Waals surface area contributed by atoms with Gasteiger partial charge in [-0.05, 0) is 37.8 Å². The second-order valence-corrected chi connectivity index (χ2v) is 9.20. The first kappa shape index (κ1) is 23.6. The van der Waals surface area contributed by atoms with Gasteiger partial charge in [-0.1, -0.05) is 0 Å². The second-order valence-electron chi connectivity index (χ2n) is 9.20. The summed E-state index contributed by atoms with van der Waals surface area (Å²) in [5.41, 5.74) is 5.61. The van der Waals surface area contributed by atoms with Crippen LogP contribution in [0.2, 0.25) is 0 Å². The van der Waals surface area contributed by atoms with Crippen molar-refractivity contribution < 1.29 is 31.8 Å². The molecule has 2 aromatic rings. The lowest BCUT2D eigenvalue weighted by molar-refractivity contribution is -0.121. The summed E-state index contributed by atoms with van der Waals surface area (Å²) in [5, 5.41) is 0. The van der Waals surface area contributed by atoms with Gasteiger partial charge < -0.3 is 25.0 Å². The van der Waals surface area contributed by atoms with E-state index < -0.39 is 35.8 Å². The van der Waals surface area contributed by atoms with Crippen LogP contribution in [-0.2, 0) is 9.53 Å². The van der Waals surface area contributed by atoms with E-state index >= 15 is 0 Å².